The smallest absolute Gasteiger partial charge is 0.258 e. The maximum absolute atomic E-state index is 12.5. The van der Waals surface area contributed by atoms with Gasteiger partial charge < -0.3 is 19.5 Å². The minimum Gasteiger partial charge on any atom is -0.497 e. The molecule has 0 spiro atoms. The van der Waals surface area contributed by atoms with Crippen molar-refractivity contribution in [3.63, 3.8) is 0 Å². The van der Waals surface area contributed by atoms with Gasteiger partial charge in [-0.05, 0) is 43.2 Å². The van der Waals surface area contributed by atoms with Crippen LogP contribution < -0.4 is 19.5 Å². The molecule has 0 fully saturated rings. The molecule has 27 heavy (non-hydrogen) atoms. The average molecular weight is 369 g/mol. The van der Waals surface area contributed by atoms with Crippen LogP contribution in [0.25, 0.3) is 0 Å². The third-order valence-electron chi connectivity index (χ3n) is 5.25. The standard InChI is InChI=1S/C22H27NO4/c1-4-22(5-2)14-19(18-8-6-7-9-20(18)27-22)23-21(24)15-26-17-12-10-16(25-3)11-13-17/h6-13,19H,4-5,14-15H2,1-3H3,(H,23,24). The summed E-state index contributed by atoms with van der Waals surface area (Å²) < 4.78 is 17.0. The predicted octanol–water partition coefficient (Wildman–Crippen LogP) is 4.27. The van der Waals surface area contributed by atoms with Crippen molar-refractivity contribution in [1.29, 1.82) is 0 Å². The Bertz CT molecular complexity index is 768. The lowest BCUT2D eigenvalue weighted by Crippen LogP contribution is -2.45. The van der Waals surface area contributed by atoms with E-state index in [9.17, 15) is 4.79 Å². The van der Waals surface area contributed by atoms with Crippen LogP contribution >= 0.6 is 0 Å². The van der Waals surface area contributed by atoms with Gasteiger partial charge in [0.1, 0.15) is 22.8 Å². The number of benzene rings is 2. The van der Waals surface area contributed by atoms with Crippen molar-refractivity contribution in [3.05, 3.63) is 54.1 Å². The normalized spacial score (nSPS) is 17.4. The van der Waals surface area contributed by atoms with Crippen molar-refractivity contribution in [3.8, 4) is 17.2 Å². The molecule has 5 heteroatoms. The van der Waals surface area contributed by atoms with Crippen molar-refractivity contribution in [2.45, 2.75) is 44.8 Å². The molecular formula is C22H27NO4. The highest BCUT2D eigenvalue weighted by Crippen LogP contribution is 2.42. The maximum Gasteiger partial charge on any atom is 0.258 e. The number of nitrogens with one attached hydrogen (secondary N) is 1. The van der Waals surface area contributed by atoms with E-state index >= 15 is 0 Å². The molecule has 0 saturated heterocycles. The number of amides is 1. The second-order valence-corrected chi connectivity index (χ2v) is 6.82. The van der Waals surface area contributed by atoms with E-state index in [2.05, 4.69) is 19.2 Å². The number of hydrogen-bond donors (Lipinski definition) is 1. The van der Waals surface area contributed by atoms with Gasteiger partial charge >= 0.3 is 0 Å². The summed E-state index contributed by atoms with van der Waals surface area (Å²) in [6.07, 6.45) is 2.55. The summed E-state index contributed by atoms with van der Waals surface area (Å²) in [7, 11) is 1.61. The van der Waals surface area contributed by atoms with Crippen LogP contribution in [0, 0.1) is 0 Å². The first-order chi connectivity index (χ1) is 13.1. The molecule has 0 radical (unpaired) electrons. The summed E-state index contributed by atoms with van der Waals surface area (Å²) in [6.45, 7) is 4.23. The topological polar surface area (TPSA) is 56.8 Å². The minimum atomic E-state index is -0.247. The minimum absolute atomic E-state index is 0.0307. The zero-order chi connectivity index (χ0) is 19.3. The molecule has 0 aliphatic carbocycles. The number of para-hydroxylation sites is 1. The van der Waals surface area contributed by atoms with Crippen molar-refractivity contribution >= 4 is 5.91 Å². The van der Waals surface area contributed by atoms with Gasteiger partial charge in [-0.3, -0.25) is 4.79 Å². The highest BCUT2D eigenvalue weighted by molar-refractivity contribution is 5.78. The molecule has 1 aliphatic rings. The Morgan fingerprint density at radius 1 is 1.11 bits per heavy atom. The fraction of sp³-hybridized carbons (Fsp3) is 0.409. The van der Waals surface area contributed by atoms with Crippen molar-refractivity contribution in [1.82, 2.24) is 5.32 Å². The molecular weight excluding hydrogens is 342 g/mol. The Balaban J connectivity index is 1.66. The van der Waals surface area contributed by atoms with Gasteiger partial charge in [-0.15, -0.1) is 0 Å². The number of rotatable bonds is 7. The average Bonchev–Trinajstić information content (AvgIpc) is 2.72. The van der Waals surface area contributed by atoms with Gasteiger partial charge in [0.2, 0.25) is 0 Å². The lowest BCUT2D eigenvalue weighted by Gasteiger charge is -2.41. The van der Waals surface area contributed by atoms with Gasteiger partial charge in [0.05, 0.1) is 13.2 Å². The van der Waals surface area contributed by atoms with E-state index < -0.39 is 0 Å². The Kier molecular flexibility index (Phi) is 5.89. The molecule has 2 aromatic rings. The molecule has 0 aromatic heterocycles. The van der Waals surface area contributed by atoms with E-state index in [4.69, 9.17) is 14.2 Å². The van der Waals surface area contributed by atoms with E-state index in [-0.39, 0.29) is 24.2 Å². The molecule has 2 aromatic carbocycles. The Hall–Kier alpha value is -2.69. The number of carbonyl (C=O) groups excluding carboxylic acids is 1. The SMILES string of the molecule is CCC1(CC)CC(NC(=O)COc2ccc(OC)cc2)c2ccccc2O1. The van der Waals surface area contributed by atoms with Crippen LogP contribution in [0.4, 0.5) is 0 Å². The summed E-state index contributed by atoms with van der Waals surface area (Å²) in [5, 5.41) is 3.12. The largest absolute Gasteiger partial charge is 0.497 e. The number of ether oxygens (including phenoxy) is 3. The lowest BCUT2D eigenvalue weighted by atomic mass is 9.83. The lowest BCUT2D eigenvalue weighted by molar-refractivity contribution is -0.124. The van der Waals surface area contributed by atoms with E-state index in [0.717, 1.165) is 36.3 Å². The highest BCUT2D eigenvalue weighted by Gasteiger charge is 2.38. The summed E-state index contributed by atoms with van der Waals surface area (Å²) in [5.41, 5.74) is 0.774. The van der Waals surface area contributed by atoms with E-state index in [0.29, 0.717) is 5.75 Å². The number of carbonyl (C=O) groups is 1. The first-order valence-corrected chi connectivity index (χ1v) is 9.43. The quantitative estimate of drug-likeness (QED) is 0.792. The monoisotopic (exact) mass is 369 g/mol. The van der Waals surface area contributed by atoms with Gasteiger partial charge in [0, 0.05) is 12.0 Å². The Morgan fingerprint density at radius 3 is 2.44 bits per heavy atom. The fourth-order valence-corrected chi connectivity index (χ4v) is 3.49. The summed E-state index contributed by atoms with van der Waals surface area (Å²) in [4.78, 5) is 12.5. The molecule has 5 nitrogen and oxygen atoms in total. The van der Waals surface area contributed by atoms with Crippen LogP contribution in [0.1, 0.15) is 44.7 Å². The molecule has 1 heterocycles. The van der Waals surface area contributed by atoms with Crippen molar-refractivity contribution < 1.29 is 19.0 Å². The first-order valence-electron chi connectivity index (χ1n) is 9.43. The maximum atomic E-state index is 12.5. The van der Waals surface area contributed by atoms with E-state index in [1.807, 2.05) is 24.3 Å². The fourth-order valence-electron chi connectivity index (χ4n) is 3.49. The second kappa shape index (κ2) is 8.33. The van der Waals surface area contributed by atoms with Crippen molar-refractivity contribution in [2.75, 3.05) is 13.7 Å². The summed E-state index contributed by atoms with van der Waals surface area (Å²) in [6, 6.07) is 15.0. The zero-order valence-electron chi connectivity index (χ0n) is 16.2. The van der Waals surface area contributed by atoms with Gasteiger partial charge in [0.25, 0.3) is 5.91 Å². The summed E-state index contributed by atoms with van der Waals surface area (Å²) in [5.74, 6) is 2.10. The molecule has 3 rings (SSSR count). The zero-order valence-corrected chi connectivity index (χ0v) is 16.2. The third-order valence-corrected chi connectivity index (χ3v) is 5.25. The van der Waals surface area contributed by atoms with Crippen LogP contribution in [-0.2, 0) is 4.79 Å². The van der Waals surface area contributed by atoms with E-state index in [1.165, 1.54) is 0 Å². The predicted molar refractivity (Wildman–Crippen MR) is 104 cm³/mol. The van der Waals surface area contributed by atoms with Crippen LogP contribution in [-0.4, -0.2) is 25.2 Å². The van der Waals surface area contributed by atoms with Crippen molar-refractivity contribution in [2.24, 2.45) is 0 Å². The number of fused-ring (bicyclic) bond motifs is 1. The number of methoxy groups -OCH3 is 1. The van der Waals surface area contributed by atoms with Crippen LogP contribution in [0.2, 0.25) is 0 Å². The molecule has 1 atom stereocenters. The highest BCUT2D eigenvalue weighted by atomic mass is 16.5. The van der Waals surface area contributed by atoms with E-state index in [1.54, 1.807) is 31.4 Å². The van der Waals surface area contributed by atoms with Gasteiger partial charge in [-0.1, -0.05) is 32.0 Å². The molecule has 1 N–H and O–H groups in total. The third kappa shape index (κ3) is 4.35. The molecule has 0 bridgehead atoms. The second-order valence-electron chi connectivity index (χ2n) is 6.82. The molecule has 144 valence electrons. The Morgan fingerprint density at radius 2 is 1.78 bits per heavy atom. The van der Waals surface area contributed by atoms with Gasteiger partial charge in [-0.25, -0.2) is 0 Å². The van der Waals surface area contributed by atoms with Crippen LogP contribution in [0.5, 0.6) is 17.2 Å². The first kappa shape index (κ1) is 19.1. The Labute approximate surface area is 160 Å². The van der Waals surface area contributed by atoms with Crippen LogP contribution in [0.15, 0.2) is 48.5 Å². The molecule has 1 aliphatic heterocycles. The van der Waals surface area contributed by atoms with Gasteiger partial charge in [0.15, 0.2) is 6.61 Å². The summed E-state index contributed by atoms with van der Waals surface area (Å²) >= 11 is 0. The number of hydrogen-bond acceptors (Lipinski definition) is 4. The van der Waals surface area contributed by atoms with Gasteiger partial charge in [-0.2, -0.15) is 0 Å². The van der Waals surface area contributed by atoms with Crippen LogP contribution in [0.3, 0.4) is 0 Å². The molecule has 0 saturated carbocycles. The molecule has 1 unspecified atom stereocenters. The molecule has 1 amide bonds.